The lowest BCUT2D eigenvalue weighted by Crippen LogP contribution is -2.46. The molecule has 0 spiro atoms. The van der Waals surface area contributed by atoms with Crippen molar-refractivity contribution in [1.82, 2.24) is 10.2 Å². The first-order chi connectivity index (χ1) is 11.7. The Morgan fingerprint density at radius 1 is 1.17 bits per heavy atom. The van der Waals surface area contributed by atoms with Gasteiger partial charge in [0.1, 0.15) is 5.75 Å². The second-order valence-corrected chi connectivity index (χ2v) is 7.42. The predicted molar refractivity (Wildman–Crippen MR) is 96.0 cm³/mol. The zero-order valence-electron chi connectivity index (χ0n) is 15.0. The number of nitrogens with one attached hydrogen (secondary N) is 1. The monoisotopic (exact) mass is 330 g/mol. The second kappa shape index (κ2) is 8.02. The normalized spacial score (nSPS) is 24.0. The molecular weight excluding hydrogens is 300 g/mol. The Bertz CT molecular complexity index is 539. The van der Waals surface area contributed by atoms with Crippen molar-refractivity contribution in [2.45, 2.75) is 64.1 Å². The van der Waals surface area contributed by atoms with Gasteiger partial charge >= 0.3 is 0 Å². The molecule has 0 radical (unpaired) electrons. The van der Waals surface area contributed by atoms with E-state index in [0.717, 1.165) is 18.7 Å². The zero-order valence-corrected chi connectivity index (χ0v) is 15.0. The fourth-order valence-electron chi connectivity index (χ4n) is 3.69. The van der Waals surface area contributed by atoms with Crippen LogP contribution in [0.25, 0.3) is 0 Å². The number of amides is 1. The van der Waals surface area contributed by atoms with Gasteiger partial charge in [-0.3, -0.25) is 9.69 Å². The van der Waals surface area contributed by atoms with E-state index >= 15 is 0 Å². The average molecular weight is 330 g/mol. The molecule has 132 valence electrons. The first-order valence-electron chi connectivity index (χ1n) is 9.32. The maximum absolute atomic E-state index is 12.5. The van der Waals surface area contributed by atoms with Crippen LogP contribution in [0.15, 0.2) is 24.3 Å². The van der Waals surface area contributed by atoms with Crippen LogP contribution in [0.5, 0.6) is 5.75 Å². The highest BCUT2D eigenvalue weighted by Gasteiger charge is 2.31. The Balaban J connectivity index is 1.54. The Kier molecular flexibility index (Phi) is 5.77. The van der Waals surface area contributed by atoms with Crippen LogP contribution in [0, 0.1) is 5.92 Å². The molecular formula is C20H30N2O2. The summed E-state index contributed by atoms with van der Waals surface area (Å²) in [7, 11) is 1.68. The summed E-state index contributed by atoms with van der Waals surface area (Å²) in [6, 6.07) is 9.11. The molecule has 2 atom stereocenters. The highest BCUT2D eigenvalue weighted by Crippen LogP contribution is 2.29. The molecule has 2 fully saturated rings. The zero-order chi connectivity index (χ0) is 16.9. The van der Waals surface area contributed by atoms with Crippen molar-refractivity contribution in [1.29, 1.82) is 0 Å². The number of hydrogen-bond acceptors (Lipinski definition) is 3. The minimum atomic E-state index is 0.189. The molecule has 0 bridgehead atoms. The second-order valence-electron chi connectivity index (χ2n) is 7.42. The molecule has 2 unspecified atom stereocenters. The summed E-state index contributed by atoms with van der Waals surface area (Å²) in [4.78, 5) is 14.8. The maximum atomic E-state index is 12.5. The van der Waals surface area contributed by atoms with Gasteiger partial charge in [-0.05, 0) is 49.3 Å². The Morgan fingerprint density at radius 2 is 1.88 bits per heavy atom. The lowest BCUT2D eigenvalue weighted by Gasteiger charge is -2.30. The van der Waals surface area contributed by atoms with Crippen LogP contribution in [0.2, 0.25) is 0 Å². The van der Waals surface area contributed by atoms with Crippen molar-refractivity contribution >= 4 is 5.91 Å². The van der Waals surface area contributed by atoms with Gasteiger partial charge in [0.15, 0.2) is 0 Å². The molecule has 2 aliphatic carbocycles. The van der Waals surface area contributed by atoms with Crippen LogP contribution in [-0.2, 0) is 11.3 Å². The SMILES string of the molecule is COc1ccc(CN(CC(=O)NC2CCCCC2C)C2CC2)cc1. The van der Waals surface area contributed by atoms with E-state index in [4.69, 9.17) is 4.74 Å². The number of benzene rings is 1. The largest absolute Gasteiger partial charge is 0.497 e. The molecule has 1 N–H and O–H groups in total. The summed E-state index contributed by atoms with van der Waals surface area (Å²) in [6.45, 7) is 3.61. The summed E-state index contributed by atoms with van der Waals surface area (Å²) < 4.78 is 5.22. The van der Waals surface area contributed by atoms with Crippen molar-refractivity contribution in [3.8, 4) is 5.75 Å². The van der Waals surface area contributed by atoms with Crippen LogP contribution in [0.3, 0.4) is 0 Å². The summed E-state index contributed by atoms with van der Waals surface area (Å²) in [5.74, 6) is 1.67. The van der Waals surface area contributed by atoms with Gasteiger partial charge in [0, 0.05) is 18.6 Å². The van der Waals surface area contributed by atoms with Crippen molar-refractivity contribution in [2.75, 3.05) is 13.7 Å². The summed E-state index contributed by atoms with van der Waals surface area (Å²) in [5, 5.41) is 3.29. The summed E-state index contributed by atoms with van der Waals surface area (Å²) >= 11 is 0. The number of carbonyl (C=O) groups excluding carboxylic acids is 1. The number of nitrogens with zero attached hydrogens (tertiary/aromatic N) is 1. The van der Waals surface area contributed by atoms with Crippen LogP contribution in [0.1, 0.15) is 51.0 Å². The van der Waals surface area contributed by atoms with E-state index < -0.39 is 0 Å². The number of rotatable bonds is 7. The highest BCUT2D eigenvalue weighted by atomic mass is 16.5. The standard InChI is InChI=1S/C20H30N2O2/c1-15-5-3-4-6-19(15)21-20(23)14-22(17-9-10-17)13-16-7-11-18(24-2)12-8-16/h7-8,11-12,15,17,19H,3-6,9-10,13-14H2,1-2H3,(H,21,23). The van der Waals surface area contributed by atoms with E-state index in [9.17, 15) is 4.79 Å². The van der Waals surface area contributed by atoms with E-state index in [1.165, 1.54) is 37.7 Å². The van der Waals surface area contributed by atoms with Gasteiger partial charge in [-0.15, -0.1) is 0 Å². The Morgan fingerprint density at radius 3 is 2.50 bits per heavy atom. The van der Waals surface area contributed by atoms with E-state index in [-0.39, 0.29) is 5.91 Å². The number of carbonyl (C=O) groups is 1. The third-order valence-electron chi connectivity index (χ3n) is 5.41. The molecule has 4 heteroatoms. The predicted octanol–water partition coefficient (Wildman–Crippen LogP) is 3.35. The fraction of sp³-hybridized carbons (Fsp3) is 0.650. The minimum Gasteiger partial charge on any atom is -0.497 e. The minimum absolute atomic E-state index is 0.189. The summed E-state index contributed by atoms with van der Waals surface area (Å²) in [6.07, 6.45) is 7.34. The van der Waals surface area contributed by atoms with Crippen molar-refractivity contribution in [3.05, 3.63) is 29.8 Å². The molecule has 2 aliphatic rings. The molecule has 1 amide bonds. The van der Waals surface area contributed by atoms with Crippen molar-refractivity contribution < 1.29 is 9.53 Å². The van der Waals surface area contributed by atoms with Gasteiger partial charge in [0.05, 0.1) is 13.7 Å². The van der Waals surface area contributed by atoms with Gasteiger partial charge in [0.25, 0.3) is 0 Å². The smallest absolute Gasteiger partial charge is 0.234 e. The van der Waals surface area contributed by atoms with E-state index in [1.807, 2.05) is 12.1 Å². The van der Waals surface area contributed by atoms with Crippen molar-refractivity contribution in [3.63, 3.8) is 0 Å². The molecule has 1 aromatic rings. The first-order valence-corrected chi connectivity index (χ1v) is 9.32. The third-order valence-corrected chi connectivity index (χ3v) is 5.41. The van der Waals surface area contributed by atoms with Crippen LogP contribution < -0.4 is 10.1 Å². The quantitative estimate of drug-likeness (QED) is 0.833. The molecule has 0 aromatic heterocycles. The molecule has 0 heterocycles. The van der Waals surface area contributed by atoms with Crippen LogP contribution in [0.4, 0.5) is 0 Å². The van der Waals surface area contributed by atoms with Gasteiger partial charge in [-0.1, -0.05) is 31.9 Å². The van der Waals surface area contributed by atoms with Crippen LogP contribution in [-0.4, -0.2) is 36.5 Å². The number of methoxy groups -OCH3 is 1. The lowest BCUT2D eigenvalue weighted by molar-refractivity contribution is -0.123. The molecule has 3 rings (SSSR count). The first kappa shape index (κ1) is 17.3. The summed E-state index contributed by atoms with van der Waals surface area (Å²) in [5.41, 5.74) is 1.24. The third kappa shape index (κ3) is 4.73. The molecule has 24 heavy (non-hydrogen) atoms. The number of ether oxygens (including phenoxy) is 1. The Labute approximate surface area is 145 Å². The Hall–Kier alpha value is -1.55. The topological polar surface area (TPSA) is 41.6 Å². The molecule has 0 aliphatic heterocycles. The molecule has 2 saturated carbocycles. The van der Waals surface area contributed by atoms with Gasteiger partial charge in [0.2, 0.25) is 5.91 Å². The maximum Gasteiger partial charge on any atom is 0.234 e. The molecule has 1 aromatic carbocycles. The van der Waals surface area contributed by atoms with Crippen molar-refractivity contribution in [2.24, 2.45) is 5.92 Å². The van der Waals surface area contributed by atoms with Gasteiger partial charge < -0.3 is 10.1 Å². The molecule has 4 nitrogen and oxygen atoms in total. The van der Waals surface area contributed by atoms with E-state index in [2.05, 4.69) is 29.3 Å². The molecule has 0 saturated heterocycles. The lowest BCUT2D eigenvalue weighted by atomic mass is 9.86. The van der Waals surface area contributed by atoms with Gasteiger partial charge in [-0.2, -0.15) is 0 Å². The van der Waals surface area contributed by atoms with Gasteiger partial charge in [-0.25, -0.2) is 0 Å². The number of hydrogen-bond donors (Lipinski definition) is 1. The fourth-order valence-corrected chi connectivity index (χ4v) is 3.69. The average Bonchev–Trinajstić information content (AvgIpc) is 3.42. The van der Waals surface area contributed by atoms with E-state index in [0.29, 0.717) is 24.5 Å². The highest BCUT2D eigenvalue weighted by molar-refractivity contribution is 5.78. The van der Waals surface area contributed by atoms with Crippen LogP contribution >= 0.6 is 0 Å². The van der Waals surface area contributed by atoms with E-state index in [1.54, 1.807) is 7.11 Å².